The Morgan fingerprint density at radius 2 is 1.73 bits per heavy atom. The Hall–Kier alpha value is -1.60. The van der Waals surface area contributed by atoms with Crippen LogP contribution in [0.5, 0.6) is 0 Å². The number of hydrogen-bond donors (Lipinski definition) is 0. The van der Waals surface area contributed by atoms with Gasteiger partial charge in [-0.25, -0.2) is 8.42 Å². The molecule has 2 rings (SSSR count). The summed E-state index contributed by atoms with van der Waals surface area (Å²) in [7, 11) is -2.30. The maximum absolute atomic E-state index is 12.9. The van der Waals surface area contributed by atoms with Crippen molar-refractivity contribution in [3.8, 4) is 0 Å². The summed E-state index contributed by atoms with van der Waals surface area (Å²) in [6.45, 7) is 1.93. The molecule has 140 valence electrons. The topological polar surface area (TPSA) is 57.7 Å². The van der Waals surface area contributed by atoms with Gasteiger partial charge in [-0.2, -0.15) is 4.31 Å². The van der Waals surface area contributed by atoms with Gasteiger partial charge in [0.25, 0.3) is 0 Å². The van der Waals surface area contributed by atoms with Crippen LogP contribution < -0.4 is 0 Å². The third-order valence-electron chi connectivity index (χ3n) is 3.86. The van der Waals surface area contributed by atoms with Crippen molar-refractivity contribution in [2.45, 2.75) is 18.4 Å². The van der Waals surface area contributed by atoms with E-state index in [1.807, 2.05) is 30.3 Å². The molecule has 0 bridgehead atoms. The van der Waals surface area contributed by atoms with E-state index in [1.54, 1.807) is 14.0 Å². The number of sulfonamides is 1. The monoisotopic (exact) mass is 414 g/mol. The second-order valence-electron chi connectivity index (χ2n) is 5.74. The summed E-state index contributed by atoms with van der Waals surface area (Å²) in [5, 5.41) is 0.328. The van der Waals surface area contributed by atoms with E-state index in [2.05, 4.69) is 0 Å². The van der Waals surface area contributed by atoms with Gasteiger partial charge in [-0.1, -0.05) is 60.5 Å². The fourth-order valence-corrected chi connectivity index (χ4v) is 4.53. The second kappa shape index (κ2) is 8.86. The Bertz CT molecular complexity index is 873. The molecule has 0 aromatic heterocycles. The van der Waals surface area contributed by atoms with E-state index in [-0.39, 0.29) is 33.9 Å². The molecule has 2 aromatic carbocycles. The Morgan fingerprint density at radius 1 is 1.08 bits per heavy atom. The second-order valence-corrected chi connectivity index (χ2v) is 8.49. The maximum atomic E-state index is 12.9. The molecule has 0 saturated heterocycles. The molecule has 26 heavy (non-hydrogen) atoms. The van der Waals surface area contributed by atoms with Crippen molar-refractivity contribution in [1.29, 1.82) is 0 Å². The van der Waals surface area contributed by atoms with Crippen LogP contribution >= 0.6 is 23.2 Å². The zero-order valence-corrected chi connectivity index (χ0v) is 16.9. The molecule has 0 N–H and O–H groups in total. The summed E-state index contributed by atoms with van der Waals surface area (Å²) in [4.78, 5) is 13.9. The lowest BCUT2D eigenvalue weighted by molar-refractivity contribution is -0.130. The van der Waals surface area contributed by atoms with Crippen LogP contribution in [0.4, 0.5) is 0 Å². The van der Waals surface area contributed by atoms with Crippen molar-refractivity contribution in [2.75, 3.05) is 20.1 Å². The van der Waals surface area contributed by atoms with Crippen molar-refractivity contribution >= 4 is 39.1 Å². The van der Waals surface area contributed by atoms with Crippen molar-refractivity contribution < 1.29 is 13.2 Å². The van der Waals surface area contributed by atoms with Crippen LogP contribution in [0.25, 0.3) is 0 Å². The van der Waals surface area contributed by atoms with Gasteiger partial charge in [0.05, 0.1) is 11.6 Å². The van der Waals surface area contributed by atoms with E-state index in [4.69, 9.17) is 23.2 Å². The number of amides is 1. The van der Waals surface area contributed by atoms with Gasteiger partial charge in [0.1, 0.15) is 4.90 Å². The molecule has 1 amide bonds. The molecular formula is C18H20Cl2N2O3S. The van der Waals surface area contributed by atoms with Gasteiger partial charge in [-0.05, 0) is 23.8 Å². The van der Waals surface area contributed by atoms with Crippen LogP contribution in [0, 0.1) is 0 Å². The molecule has 0 spiro atoms. The van der Waals surface area contributed by atoms with Crippen molar-refractivity contribution in [2.24, 2.45) is 0 Å². The highest BCUT2D eigenvalue weighted by Crippen LogP contribution is 2.27. The van der Waals surface area contributed by atoms with Crippen molar-refractivity contribution in [3.63, 3.8) is 0 Å². The first-order valence-corrected chi connectivity index (χ1v) is 10.2. The van der Waals surface area contributed by atoms with Crippen molar-refractivity contribution in [3.05, 3.63) is 64.1 Å². The van der Waals surface area contributed by atoms with Crippen LogP contribution in [0.1, 0.15) is 12.5 Å². The van der Waals surface area contributed by atoms with Gasteiger partial charge < -0.3 is 4.90 Å². The first-order chi connectivity index (χ1) is 12.3. The normalized spacial score (nSPS) is 11.6. The standard InChI is InChI=1S/C18H20Cl2N2O3S/c1-3-22(26(24,25)17-11-15(19)9-10-16(17)20)13-18(23)21(2)12-14-7-5-4-6-8-14/h4-11H,3,12-13H2,1-2H3. The van der Waals surface area contributed by atoms with E-state index in [1.165, 1.54) is 23.1 Å². The summed E-state index contributed by atoms with van der Waals surface area (Å²) < 4.78 is 26.8. The van der Waals surface area contributed by atoms with Crippen LogP contribution in [0.3, 0.4) is 0 Å². The quantitative estimate of drug-likeness (QED) is 0.694. The zero-order chi connectivity index (χ0) is 19.3. The molecule has 0 aliphatic rings. The molecule has 0 heterocycles. The number of rotatable bonds is 7. The molecule has 0 aliphatic heterocycles. The fraction of sp³-hybridized carbons (Fsp3) is 0.278. The number of likely N-dealkylation sites (N-methyl/N-ethyl adjacent to an activating group) is 2. The summed E-state index contributed by atoms with van der Waals surface area (Å²) in [5.41, 5.74) is 0.965. The van der Waals surface area contributed by atoms with Crippen LogP contribution in [0.2, 0.25) is 10.0 Å². The highest BCUT2D eigenvalue weighted by Gasteiger charge is 2.28. The predicted octanol–water partition coefficient (Wildman–Crippen LogP) is 3.66. The van der Waals surface area contributed by atoms with Gasteiger partial charge in [-0.3, -0.25) is 4.79 Å². The Labute approximate surface area is 164 Å². The fourth-order valence-electron chi connectivity index (χ4n) is 2.40. The number of carbonyl (C=O) groups excluding carboxylic acids is 1. The average molecular weight is 415 g/mol. The minimum Gasteiger partial charge on any atom is -0.340 e. The highest BCUT2D eigenvalue weighted by molar-refractivity contribution is 7.89. The highest BCUT2D eigenvalue weighted by atomic mass is 35.5. The summed E-state index contributed by atoms with van der Waals surface area (Å²) in [5.74, 6) is -0.308. The SMILES string of the molecule is CCN(CC(=O)N(C)Cc1ccccc1)S(=O)(=O)c1cc(Cl)ccc1Cl. The minimum atomic E-state index is -3.94. The molecule has 0 atom stereocenters. The molecule has 0 saturated carbocycles. The van der Waals surface area contributed by atoms with Crippen LogP contribution in [-0.2, 0) is 21.4 Å². The van der Waals surface area contributed by atoms with E-state index < -0.39 is 10.0 Å². The smallest absolute Gasteiger partial charge is 0.245 e. The molecule has 0 radical (unpaired) electrons. The lowest BCUT2D eigenvalue weighted by atomic mass is 10.2. The van der Waals surface area contributed by atoms with Gasteiger partial charge >= 0.3 is 0 Å². The van der Waals surface area contributed by atoms with Crippen LogP contribution in [0.15, 0.2) is 53.4 Å². The summed E-state index contributed by atoms with van der Waals surface area (Å²) in [6, 6.07) is 13.7. The van der Waals surface area contributed by atoms with E-state index in [9.17, 15) is 13.2 Å². The van der Waals surface area contributed by atoms with E-state index in [0.717, 1.165) is 9.87 Å². The Kier molecular flexibility index (Phi) is 7.06. The molecule has 0 unspecified atom stereocenters. The lowest BCUT2D eigenvalue weighted by Crippen LogP contribution is -2.41. The number of nitrogens with zero attached hydrogens (tertiary/aromatic N) is 2. The molecule has 5 nitrogen and oxygen atoms in total. The van der Waals surface area contributed by atoms with Crippen LogP contribution in [-0.4, -0.2) is 43.7 Å². The largest absolute Gasteiger partial charge is 0.340 e. The Morgan fingerprint density at radius 3 is 2.35 bits per heavy atom. The number of halogens is 2. The first-order valence-electron chi connectivity index (χ1n) is 7.98. The number of carbonyl (C=O) groups is 1. The van der Waals surface area contributed by atoms with Crippen molar-refractivity contribution in [1.82, 2.24) is 9.21 Å². The average Bonchev–Trinajstić information content (AvgIpc) is 2.62. The lowest BCUT2D eigenvalue weighted by Gasteiger charge is -2.24. The van der Waals surface area contributed by atoms with E-state index in [0.29, 0.717) is 6.54 Å². The molecule has 0 fully saturated rings. The maximum Gasteiger partial charge on any atom is 0.245 e. The minimum absolute atomic E-state index is 0.0675. The van der Waals surface area contributed by atoms with Gasteiger partial charge in [0.2, 0.25) is 15.9 Å². The third kappa shape index (κ3) is 4.98. The molecule has 8 heteroatoms. The third-order valence-corrected chi connectivity index (χ3v) is 6.50. The molecular weight excluding hydrogens is 395 g/mol. The predicted molar refractivity (Wildman–Crippen MR) is 104 cm³/mol. The van der Waals surface area contributed by atoms with Gasteiger partial charge in [0.15, 0.2) is 0 Å². The van der Waals surface area contributed by atoms with Gasteiger partial charge in [0, 0.05) is 25.2 Å². The zero-order valence-electron chi connectivity index (χ0n) is 14.5. The Balaban J connectivity index is 2.17. The number of hydrogen-bond acceptors (Lipinski definition) is 3. The summed E-state index contributed by atoms with van der Waals surface area (Å²) >= 11 is 11.9. The van der Waals surface area contributed by atoms with Gasteiger partial charge in [-0.15, -0.1) is 0 Å². The van der Waals surface area contributed by atoms with E-state index >= 15 is 0 Å². The molecule has 0 aliphatic carbocycles. The number of benzene rings is 2. The first kappa shape index (κ1) is 20.7. The molecule has 2 aromatic rings. The summed E-state index contributed by atoms with van der Waals surface area (Å²) in [6.07, 6.45) is 0.